The van der Waals surface area contributed by atoms with Crippen LogP contribution in [0.15, 0.2) is 0 Å². The third-order valence-corrected chi connectivity index (χ3v) is 4.16. The molecule has 0 aromatic rings. The number of nitrogens with one attached hydrogen (secondary N) is 1. The van der Waals surface area contributed by atoms with E-state index in [-0.39, 0.29) is 17.6 Å². The highest BCUT2D eigenvalue weighted by molar-refractivity contribution is 5.76. The zero-order chi connectivity index (χ0) is 11.1. The summed E-state index contributed by atoms with van der Waals surface area (Å²) in [6.45, 7) is 4.41. The molecule has 0 spiro atoms. The molecule has 0 aromatic heterocycles. The zero-order valence-electron chi connectivity index (χ0n) is 9.88. The average molecular weight is 211 g/mol. The Labute approximate surface area is 91.6 Å². The van der Waals surface area contributed by atoms with E-state index in [1.54, 1.807) is 0 Å². The summed E-state index contributed by atoms with van der Waals surface area (Å²) < 4.78 is 4.88. The largest absolute Gasteiger partial charge is 0.468 e. The van der Waals surface area contributed by atoms with Crippen molar-refractivity contribution in [3.05, 3.63) is 0 Å². The van der Waals surface area contributed by atoms with Crippen molar-refractivity contribution in [3.8, 4) is 0 Å². The van der Waals surface area contributed by atoms with Gasteiger partial charge in [0.25, 0.3) is 0 Å². The fourth-order valence-electron chi connectivity index (χ4n) is 3.43. The monoisotopic (exact) mass is 211 g/mol. The third-order valence-electron chi connectivity index (χ3n) is 4.16. The second-order valence-corrected chi connectivity index (χ2v) is 5.42. The number of esters is 1. The second-order valence-electron chi connectivity index (χ2n) is 5.42. The molecule has 3 atom stereocenters. The molecule has 1 N–H and O–H groups in total. The van der Waals surface area contributed by atoms with E-state index in [4.69, 9.17) is 4.74 Å². The lowest BCUT2D eigenvalue weighted by Crippen LogP contribution is -2.44. The topological polar surface area (TPSA) is 38.3 Å². The maximum Gasteiger partial charge on any atom is 0.323 e. The maximum absolute atomic E-state index is 11.7. The number of hydrogen-bond donors (Lipinski definition) is 1. The quantitative estimate of drug-likeness (QED) is 0.671. The number of hydrogen-bond acceptors (Lipinski definition) is 3. The van der Waals surface area contributed by atoms with Crippen molar-refractivity contribution < 1.29 is 9.53 Å². The number of carbonyl (C=O) groups excluding carboxylic acids is 1. The van der Waals surface area contributed by atoms with Crippen molar-refractivity contribution in [3.63, 3.8) is 0 Å². The molecule has 1 saturated heterocycles. The van der Waals surface area contributed by atoms with Crippen LogP contribution < -0.4 is 5.32 Å². The molecule has 0 radical (unpaired) electrons. The molecule has 0 amide bonds. The van der Waals surface area contributed by atoms with Gasteiger partial charge in [0, 0.05) is 5.54 Å². The molecule has 2 fully saturated rings. The van der Waals surface area contributed by atoms with Crippen LogP contribution in [0, 0.1) is 11.8 Å². The molecule has 1 saturated carbocycles. The minimum absolute atomic E-state index is 0.0738. The van der Waals surface area contributed by atoms with Gasteiger partial charge in [0.05, 0.1) is 7.11 Å². The first-order valence-electron chi connectivity index (χ1n) is 5.92. The summed E-state index contributed by atoms with van der Waals surface area (Å²) in [4.78, 5) is 11.7. The first-order valence-corrected chi connectivity index (χ1v) is 5.92. The predicted molar refractivity (Wildman–Crippen MR) is 58.5 cm³/mol. The number of ether oxygens (including phenoxy) is 1. The Morgan fingerprint density at radius 3 is 2.67 bits per heavy atom. The van der Waals surface area contributed by atoms with E-state index in [0.717, 1.165) is 0 Å². The molecular formula is C12H21NO2. The minimum atomic E-state index is -0.0857. The number of methoxy groups -OCH3 is 1. The SMILES string of the molecule is COC(=O)C1NC(C)(C)C2CCCCC12. The molecule has 15 heavy (non-hydrogen) atoms. The van der Waals surface area contributed by atoms with Gasteiger partial charge in [-0.2, -0.15) is 0 Å². The molecule has 3 nitrogen and oxygen atoms in total. The van der Waals surface area contributed by atoms with Crippen molar-refractivity contribution in [1.29, 1.82) is 0 Å². The van der Waals surface area contributed by atoms with Gasteiger partial charge in [-0.1, -0.05) is 12.8 Å². The van der Waals surface area contributed by atoms with E-state index >= 15 is 0 Å². The van der Waals surface area contributed by atoms with Crippen LogP contribution in [0.1, 0.15) is 39.5 Å². The molecule has 1 aliphatic carbocycles. The van der Waals surface area contributed by atoms with Gasteiger partial charge < -0.3 is 4.74 Å². The Bertz CT molecular complexity index is 262. The van der Waals surface area contributed by atoms with Gasteiger partial charge in [-0.15, -0.1) is 0 Å². The van der Waals surface area contributed by atoms with Gasteiger partial charge in [-0.25, -0.2) is 0 Å². The fourth-order valence-corrected chi connectivity index (χ4v) is 3.43. The van der Waals surface area contributed by atoms with Crippen LogP contribution in [0.25, 0.3) is 0 Å². The fraction of sp³-hybridized carbons (Fsp3) is 0.917. The van der Waals surface area contributed by atoms with Gasteiger partial charge >= 0.3 is 5.97 Å². The van der Waals surface area contributed by atoms with Crippen molar-refractivity contribution in [2.24, 2.45) is 11.8 Å². The molecule has 2 aliphatic rings. The summed E-state index contributed by atoms with van der Waals surface area (Å²) in [5, 5.41) is 3.45. The van der Waals surface area contributed by atoms with Crippen LogP contribution in [0.4, 0.5) is 0 Å². The molecule has 0 bridgehead atoms. The molecule has 3 unspecified atom stereocenters. The molecular weight excluding hydrogens is 190 g/mol. The first-order chi connectivity index (χ1) is 7.06. The number of rotatable bonds is 1. The second kappa shape index (κ2) is 3.78. The van der Waals surface area contributed by atoms with Crippen LogP contribution in [0.2, 0.25) is 0 Å². The molecule has 2 rings (SSSR count). The average Bonchev–Trinajstić information content (AvgIpc) is 2.51. The van der Waals surface area contributed by atoms with E-state index in [1.807, 2.05) is 0 Å². The maximum atomic E-state index is 11.7. The van der Waals surface area contributed by atoms with Crippen molar-refractivity contribution >= 4 is 5.97 Å². The molecule has 3 heteroatoms. The first kappa shape index (κ1) is 10.9. The predicted octanol–water partition coefficient (Wildman–Crippen LogP) is 1.72. The Balaban J connectivity index is 2.18. The van der Waals surface area contributed by atoms with E-state index in [2.05, 4.69) is 19.2 Å². The Hall–Kier alpha value is -0.570. The lowest BCUT2D eigenvalue weighted by molar-refractivity contribution is -0.144. The van der Waals surface area contributed by atoms with E-state index in [9.17, 15) is 4.79 Å². The van der Waals surface area contributed by atoms with Crippen molar-refractivity contribution in [2.75, 3.05) is 7.11 Å². The summed E-state index contributed by atoms with van der Waals surface area (Å²) in [7, 11) is 1.48. The summed E-state index contributed by atoms with van der Waals surface area (Å²) in [5.74, 6) is 1.04. The van der Waals surface area contributed by atoms with Gasteiger partial charge in [0.1, 0.15) is 6.04 Å². The van der Waals surface area contributed by atoms with Gasteiger partial charge in [0.15, 0.2) is 0 Å². The third kappa shape index (κ3) is 1.78. The van der Waals surface area contributed by atoms with Gasteiger partial charge in [-0.05, 0) is 38.5 Å². The van der Waals surface area contributed by atoms with Crippen LogP contribution >= 0.6 is 0 Å². The Morgan fingerprint density at radius 1 is 1.33 bits per heavy atom. The molecule has 86 valence electrons. The van der Waals surface area contributed by atoms with E-state index in [0.29, 0.717) is 11.8 Å². The smallest absolute Gasteiger partial charge is 0.323 e. The van der Waals surface area contributed by atoms with E-state index in [1.165, 1.54) is 32.8 Å². The van der Waals surface area contributed by atoms with E-state index < -0.39 is 0 Å². The Morgan fingerprint density at radius 2 is 2.00 bits per heavy atom. The van der Waals surface area contributed by atoms with Crippen molar-refractivity contribution in [2.45, 2.75) is 51.1 Å². The standard InChI is InChI=1S/C12H21NO2/c1-12(2)9-7-5-4-6-8(9)10(13-12)11(14)15-3/h8-10,13H,4-7H2,1-3H3. The normalized spacial score (nSPS) is 38.5. The van der Waals surface area contributed by atoms with Crippen LogP contribution in [0.5, 0.6) is 0 Å². The highest BCUT2D eigenvalue weighted by Gasteiger charge is 2.51. The molecule has 0 aromatic carbocycles. The highest BCUT2D eigenvalue weighted by Crippen LogP contribution is 2.44. The molecule has 1 heterocycles. The van der Waals surface area contributed by atoms with Crippen molar-refractivity contribution in [1.82, 2.24) is 5.32 Å². The molecule has 1 aliphatic heterocycles. The number of fused-ring (bicyclic) bond motifs is 1. The summed E-state index contributed by atoms with van der Waals surface area (Å²) in [6, 6.07) is -0.0738. The van der Waals surface area contributed by atoms with Gasteiger partial charge in [0.2, 0.25) is 0 Å². The summed E-state index contributed by atoms with van der Waals surface area (Å²) >= 11 is 0. The van der Waals surface area contributed by atoms with Gasteiger partial charge in [-0.3, -0.25) is 10.1 Å². The number of carbonyl (C=O) groups is 1. The highest BCUT2D eigenvalue weighted by atomic mass is 16.5. The van der Waals surface area contributed by atoms with Crippen LogP contribution in [-0.4, -0.2) is 24.7 Å². The summed E-state index contributed by atoms with van der Waals surface area (Å²) in [6.07, 6.45) is 4.98. The minimum Gasteiger partial charge on any atom is -0.468 e. The Kier molecular flexibility index (Phi) is 2.75. The lowest BCUT2D eigenvalue weighted by Gasteiger charge is -2.33. The van der Waals surface area contributed by atoms with Crippen LogP contribution in [0.3, 0.4) is 0 Å². The zero-order valence-corrected chi connectivity index (χ0v) is 9.88. The summed E-state index contributed by atoms with van der Waals surface area (Å²) in [5.41, 5.74) is 0.0872. The lowest BCUT2D eigenvalue weighted by atomic mass is 9.72. The van der Waals surface area contributed by atoms with Crippen LogP contribution in [-0.2, 0) is 9.53 Å².